The highest BCUT2D eigenvalue weighted by atomic mass is 16.5. The molecule has 1 unspecified atom stereocenters. The third-order valence-electron chi connectivity index (χ3n) is 4.12. The van der Waals surface area contributed by atoms with E-state index in [1.165, 1.54) is 16.8 Å². The first-order chi connectivity index (χ1) is 9.58. The van der Waals surface area contributed by atoms with Gasteiger partial charge in [0.05, 0.1) is 6.61 Å². The van der Waals surface area contributed by atoms with Crippen LogP contribution in [-0.2, 0) is 17.7 Å². The van der Waals surface area contributed by atoms with Gasteiger partial charge in [-0.2, -0.15) is 0 Å². The number of ether oxygens (including phenoxy) is 1. The molecule has 1 aromatic carbocycles. The number of methoxy groups -OCH3 is 1. The molecule has 1 heterocycles. The van der Waals surface area contributed by atoms with Crippen LogP contribution >= 0.6 is 0 Å². The number of rotatable bonds is 7. The van der Waals surface area contributed by atoms with Crippen molar-refractivity contribution in [2.75, 3.05) is 38.8 Å². The van der Waals surface area contributed by atoms with Crippen molar-refractivity contribution in [3.63, 3.8) is 0 Å². The van der Waals surface area contributed by atoms with Crippen LogP contribution in [0.25, 0.3) is 0 Å². The Hall–Kier alpha value is -1.10. The zero-order valence-electron chi connectivity index (χ0n) is 12.8. The number of anilines is 1. The van der Waals surface area contributed by atoms with Crippen molar-refractivity contribution in [3.8, 4) is 0 Å². The maximum atomic E-state index is 9.18. The Morgan fingerprint density at radius 1 is 1.45 bits per heavy atom. The van der Waals surface area contributed by atoms with Crippen LogP contribution in [0.2, 0.25) is 0 Å². The lowest BCUT2D eigenvalue weighted by Gasteiger charge is -2.29. The van der Waals surface area contributed by atoms with Gasteiger partial charge in [0, 0.05) is 45.1 Å². The number of nitrogens with one attached hydrogen (secondary N) is 1. The van der Waals surface area contributed by atoms with E-state index in [1.807, 2.05) is 0 Å². The minimum absolute atomic E-state index is 0.168. The predicted molar refractivity (Wildman–Crippen MR) is 82.2 cm³/mol. The standard InChI is InChI=1S/C16H26N2O2/c1-16(7-9-19,12-20-3)17-11-13-4-5-15-14(10-13)6-8-18(15)2/h4-5,10,17,19H,6-9,11-12H2,1-3H3. The Morgan fingerprint density at radius 2 is 2.25 bits per heavy atom. The summed E-state index contributed by atoms with van der Waals surface area (Å²) in [5.74, 6) is 0. The average molecular weight is 278 g/mol. The van der Waals surface area contributed by atoms with E-state index < -0.39 is 0 Å². The normalized spacial score (nSPS) is 17.1. The Bertz CT molecular complexity index is 442. The predicted octanol–water partition coefficient (Wildman–Crippen LogP) is 1.56. The molecule has 0 saturated carbocycles. The molecule has 0 spiro atoms. The van der Waals surface area contributed by atoms with E-state index >= 15 is 0 Å². The summed E-state index contributed by atoms with van der Waals surface area (Å²) in [5, 5.41) is 12.7. The first-order valence-electron chi connectivity index (χ1n) is 7.26. The van der Waals surface area contributed by atoms with Crippen molar-refractivity contribution in [2.24, 2.45) is 0 Å². The second-order valence-corrected chi connectivity index (χ2v) is 5.96. The monoisotopic (exact) mass is 278 g/mol. The van der Waals surface area contributed by atoms with E-state index in [9.17, 15) is 5.11 Å². The van der Waals surface area contributed by atoms with E-state index in [2.05, 4.69) is 42.4 Å². The van der Waals surface area contributed by atoms with Crippen LogP contribution in [0, 0.1) is 0 Å². The number of nitrogens with zero attached hydrogens (tertiary/aromatic N) is 1. The molecule has 0 aromatic heterocycles. The third kappa shape index (κ3) is 3.51. The maximum Gasteiger partial charge on any atom is 0.0642 e. The molecule has 0 aliphatic carbocycles. The molecular weight excluding hydrogens is 252 g/mol. The lowest BCUT2D eigenvalue weighted by atomic mass is 9.98. The number of likely N-dealkylation sites (N-methyl/N-ethyl adjacent to an activating group) is 1. The number of aliphatic hydroxyl groups excluding tert-OH is 1. The molecule has 20 heavy (non-hydrogen) atoms. The van der Waals surface area contributed by atoms with E-state index in [-0.39, 0.29) is 12.1 Å². The van der Waals surface area contributed by atoms with Gasteiger partial charge in [0.2, 0.25) is 0 Å². The first-order valence-corrected chi connectivity index (χ1v) is 7.26. The summed E-state index contributed by atoms with van der Waals surface area (Å²) in [5.41, 5.74) is 3.89. The van der Waals surface area contributed by atoms with Crippen molar-refractivity contribution in [3.05, 3.63) is 29.3 Å². The van der Waals surface area contributed by atoms with Gasteiger partial charge in [-0.05, 0) is 37.0 Å². The molecule has 0 bridgehead atoms. The maximum absolute atomic E-state index is 9.18. The molecule has 2 N–H and O–H groups in total. The van der Waals surface area contributed by atoms with Crippen molar-refractivity contribution in [1.82, 2.24) is 5.32 Å². The smallest absolute Gasteiger partial charge is 0.0642 e. The van der Waals surface area contributed by atoms with Crippen LogP contribution in [0.1, 0.15) is 24.5 Å². The van der Waals surface area contributed by atoms with Gasteiger partial charge in [0.1, 0.15) is 0 Å². The lowest BCUT2D eigenvalue weighted by Crippen LogP contribution is -2.46. The van der Waals surface area contributed by atoms with Gasteiger partial charge in [0.15, 0.2) is 0 Å². The molecule has 0 radical (unpaired) electrons. The molecule has 0 amide bonds. The molecule has 1 atom stereocenters. The number of hydrogen-bond donors (Lipinski definition) is 2. The second kappa shape index (κ2) is 6.57. The molecule has 1 aliphatic heterocycles. The van der Waals surface area contributed by atoms with Crippen molar-refractivity contribution < 1.29 is 9.84 Å². The van der Waals surface area contributed by atoms with Gasteiger partial charge in [-0.3, -0.25) is 0 Å². The highest BCUT2D eigenvalue weighted by Gasteiger charge is 2.23. The van der Waals surface area contributed by atoms with Gasteiger partial charge < -0.3 is 20.1 Å². The lowest BCUT2D eigenvalue weighted by molar-refractivity contribution is 0.0969. The number of benzene rings is 1. The summed E-state index contributed by atoms with van der Waals surface area (Å²) in [6.07, 6.45) is 1.82. The summed E-state index contributed by atoms with van der Waals surface area (Å²) in [6, 6.07) is 6.68. The summed E-state index contributed by atoms with van der Waals surface area (Å²) in [7, 11) is 3.84. The van der Waals surface area contributed by atoms with Crippen molar-refractivity contribution in [1.29, 1.82) is 0 Å². The Balaban J connectivity index is 2.00. The van der Waals surface area contributed by atoms with Crippen LogP contribution in [0.3, 0.4) is 0 Å². The zero-order valence-corrected chi connectivity index (χ0v) is 12.8. The first kappa shape index (κ1) is 15.3. The minimum atomic E-state index is -0.181. The molecular formula is C16H26N2O2. The van der Waals surface area contributed by atoms with Gasteiger partial charge in [-0.15, -0.1) is 0 Å². The Kier molecular flexibility index (Phi) is 5.02. The quantitative estimate of drug-likeness (QED) is 0.794. The molecule has 4 heteroatoms. The van der Waals surface area contributed by atoms with Crippen molar-refractivity contribution >= 4 is 5.69 Å². The highest BCUT2D eigenvalue weighted by Crippen LogP contribution is 2.27. The van der Waals surface area contributed by atoms with Crippen LogP contribution in [0.4, 0.5) is 5.69 Å². The summed E-state index contributed by atoms with van der Waals surface area (Å²) in [4.78, 5) is 2.30. The van der Waals surface area contributed by atoms with E-state index in [4.69, 9.17) is 4.74 Å². The fourth-order valence-electron chi connectivity index (χ4n) is 2.82. The highest BCUT2D eigenvalue weighted by molar-refractivity contribution is 5.58. The van der Waals surface area contributed by atoms with E-state index in [0.717, 1.165) is 19.5 Å². The number of aliphatic hydroxyl groups is 1. The fraction of sp³-hybridized carbons (Fsp3) is 0.625. The minimum Gasteiger partial charge on any atom is -0.396 e. The topological polar surface area (TPSA) is 44.7 Å². The molecule has 1 aliphatic rings. The van der Waals surface area contributed by atoms with Crippen LogP contribution < -0.4 is 10.2 Å². The molecule has 2 rings (SSSR count). The summed E-state index contributed by atoms with van der Waals surface area (Å²) >= 11 is 0. The van der Waals surface area contributed by atoms with Crippen LogP contribution in [-0.4, -0.2) is 44.6 Å². The third-order valence-corrected chi connectivity index (χ3v) is 4.12. The molecule has 112 valence electrons. The molecule has 0 fully saturated rings. The number of hydrogen-bond acceptors (Lipinski definition) is 4. The molecule has 4 nitrogen and oxygen atoms in total. The van der Waals surface area contributed by atoms with Gasteiger partial charge in [-0.25, -0.2) is 0 Å². The summed E-state index contributed by atoms with van der Waals surface area (Å²) in [6.45, 7) is 4.77. The Labute approximate surface area is 121 Å². The SMILES string of the molecule is COCC(C)(CCO)NCc1ccc2c(c1)CCN2C. The van der Waals surface area contributed by atoms with Gasteiger partial charge in [0.25, 0.3) is 0 Å². The van der Waals surface area contributed by atoms with E-state index in [0.29, 0.717) is 13.0 Å². The molecule has 1 aromatic rings. The van der Waals surface area contributed by atoms with E-state index in [1.54, 1.807) is 7.11 Å². The zero-order chi connectivity index (χ0) is 14.6. The van der Waals surface area contributed by atoms with Crippen LogP contribution in [0.15, 0.2) is 18.2 Å². The van der Waals surface area contributed by atoms with Gasteiger partial charge in [-0.1, -0.05) is 12.1 Å². The molecule has 0 saturated heterocycles. The number of fused-ring (bicyclic) bond motifs is 1. The average Bonchev–Trinajstić information content (AvgIpc) is 2.79. The van der Waals surface area contributed by atoms with Crippen LogP contribution in [0.5, 0.6) is 0 Å². The fourth-order valence-corrected chi connectivity index (χ4v) is 2.82. The Morgan fingerprint density at radius 3 is 2.95 bits per heavy atom. The van der Waals surface area contributed by atoms with Gasteiger partial charge >= 0.3 is 0 Å². The summed E-state index contributed by atoms with van der Waals surface area (Å²) < 4.78 is 5.26. The second-order valence-electron chi connectivity index (χ2n) is 5.96. The largest absolute Gasteiger partial charge is 0.396 e. The van der Waals surface area contributed by atoms with Crippen molar-refractivity contribution in [2.45, 2.75) is 31.8 Å².